The van der Waals surface area contributed by atoms with Gasteiger partial charge in [0.2, 0.25) is 5.91 Å². The van der Waals surface area contributed by atoms with Crippen LogP contribution in [-0.2, 0) is 14.6 Å². The first-order valence-electron chi connectivity index (χ1n) is 8.81. The van der Waals surface area contributed by atoms with Crippen molar-refractivity contribution in [1.29, 1.82) is 0 Å². The lowest BCUT2D eigenvalue weighted by molar-refractivity contribution is -0.136. The average Bonchev–Trinajstić information content (AvgIpc) is 2.95. The molecular formula is C18H24N2O5S. The monoisotopic (exact) mass is 380 g/mol. The molecule has 0 unspecified atom stereocenters. The minimum Gasteiger partial charge on any atom is -0.497 e. The standard InChI is InChI=1S/C18H24N2O5S/c1-3-5-17(21)19-8-9-20(16-12-26(23,24)11-15(16)19)18(22)13-6-4-7-14(10-13)25-2/h4,6-7,10,15-16H,3,5,8-9,11-12H2,1-2H3/t15-,16+/m0/s1. The summed E-state index contributed by atoms with van der Waals surface area (Å²) in [4.78, 5) is 28.7. The van der Waals surface area contributed by atoms with E-state index in [1.54, 1.807) is 34.1 Å². The fraction of sp³-hybridized carbons (Fsp3) is 0.556. The van der Waals surface area contributed by atoms with Crippen LogP contribution in [0.15, 0.2) is 24.3 Å². The third kappa shape index (κ3) is 3.56. The SMILES string of the molecule is CCCC(=O)N1CCN(C(=O)c2cccc(OC)c2)[C@@H]2CS(=O)(=O)C[C@@H]21. The van der Waals surface area contributed by atoms with Crippen LogP contribution in [0, 0.1) is 0 Å². The summed E-state index contributed by atoms with van der Waals surface area (Å²) < 4.78 is 29.6. The molecule has 1 aromatic rings. The summed E-state index contributed by atoms with van der Waals surface area (Å²) in [6, 6.07) is 5.88. The summed E-state index contributed by atoms with van der Waals surface area (Å²) in [6.07, 6.45) is 1.11. The number of carbonyl (C=O) groups excluding carboxylic acids is 2. The molecule has 7 nitrogen and oxygen atoms in total. The second-order valence-corrected chi connectivity index (χ2v) is 8.93. The summed E-state index contributed by atoms with van der Waals surface area (Å²) in [5.41, 5.74) is 0.459. The number of piperazine rings is 1. The highest BCUT2D eigenvalue weighted by Crippen LogP contribution is 2.29. The van der Waals surface area contributed by atoms with Gasteiger partial charge in [0, 0.05) is 25.1 Å². The second-order valence-electron chi connectivity index (χ2n) is 6.78. The van der Waals surface area contributed by atoms with Gasteiger partial charge in [0.15, 0.2) is 9.84 Å². The zero-order valence-electron chi connectivity index (χ0n) is 15.1. The first kappa shape index (κ1) is 18.7. The van der Waals surface area contributed by atoms with Gasteiger partial charge in [0.05, 0.1) is 30.7 Å². The average molecular weight is 380 g/mol. The Morgan fingerprint density at radius 3 is 2.46 bits per heavy atom. The van der Waals surface area contributed by atoms with Gasteiger partial charge >= 0.3 is 0 Å². The van der Waals surface area contributed by atoms with Crippen molar-refractivity contribution in [3.8, 4) is 5.75 Å². The quantitative estimate of drug-likeness (QED) is 0.776. The van der Waals surface area contributed by atoms with E-state index in [9.17, 15) is 18.0 Å². The molecule has 2 saturated heterocycles. The van der Waals surface area contributed by atoms with Gasteiger partial charge < -0.3 is 14.5 Å². The van der Waals surface area contributed by atoms with Gasteiger partial charge in [-0.25, -0.2) is 8.42 Å². The van der Waals surface area contributed by atoms with E-state index in [4.69, 9.17) is 4.74 Å². The van der Waals surface area contributed by atoms with Gasteiger partial charge in [-0.05, 0) is 24.6 Å². The molecule has 2 aliphatic heterocycles. The van der Waals surface area contributed by atoms with Crippen LogP contribution in [0.2, 0.25) is 0 Å². The van der Waals surface area contributed by atoms with Crippen LogP contribution >= 0.6 is 0 Å². The first-order chi connectivity index (χ1) is 12.4. The molecular weight excluding hydrogens is 356 g/mol. The largest absolute Gasteiger partial charge is 0.497 e. The number of nitrogens with zero attached hydrogens (tertiary/aromatic N) is 2. The fourth-order valence-electron chi connectivity index (χ4n) is 3.79. The molecule has 2 aliphatic rings. The van der Waals surface area contributed by atoms with Crippen LogP contribution in [0.25, 0.3) is 0 Å². The zero-order chi connectivity index (χ0) is 18.9. The van der Waals surface area contributed by atoms with Crippen LogP contribution in [0.5, 0.6) is 5.75 Å². The Kier molecular flexibility index (Phi) is 5.22. The molecule has 0 bridgehead atoms. The Hall–Kier alpha value is -2.09. The Bertz CT molecular complexity index is 808. The lowest BCUT2D eigenvalue weighted by atomic mass is 10.0. The highest BCUT2D eigenvalue weighted by molar-refractivity contribution is 7.91. The number of hydrogen-bond donors (Lipinski definition) is 0. The number of fused-ring (bicyclic) bond motifs is 1. The van der Waals surface area contributed by atoms with Crippen molar-refractivity contribution < 1.29 is 22.7 Å². The normalized spacial score (nSPS) is 24.2. The van der Waals surface area contributed by atoms with Crippen molar-refractivity contribution in [3.63, 3.8) is 0 Å². The number of ether oxygens (including phenoxy) is 1. The maximum Gasteiger partial charge on any atom is 0.254 e. The molecule has 1 aromatic carbocycles. The van der Waals surface area contributed by atoms with Gasteiger partial charge in [0.1, 0.15) is 5.75 Å². The van der Waals surface area contributed by atoms with E-state index >= 15 is 0 Å². The minimum absolute atomic E-state index is 0.0342. The molecule has 2 heterocycles. The van der Waals surface area contributed by atoms with Crippen molar-refractivity contribution in [2.24, 2.45) is 0 Å². The molecule has 2 atom stereocenters. The summed E-state index contributed by atoms with van der Waals surface area (Å²) >= 11 is 0. The Labute approximate surface area is 153 Å². The van der Waals surface area contributed by atoms with Crippen molar-refractivity contribution in [2.75, 3.05) is 31.7 Å². The molecule has 26 heavy (non-hydrogen) atoms. The smallest absolute Gasteiger partial charge is 0.254 e. The molecule has 8 heteroatoms. The minimum atomic E-state index is -3.28. The van der Waals surface area contributed by atoms with Gasteiger partial charge in [-0.15, -0.1) is 0 Å². The van der Waals surface area contributed by atoms with Crippen molar-refractivity contribution in [3.05, 3.63) is 29.8 Å². The molecule has 0 radical (unpaired) electrons. The number of amides is 2. The van der Waals surface area contributed by atoms with Crippen LogP contribution in [0.3, 0.4) is 0 Å². The molecule has 142 valence electrons. The highest BCUT2D eigenvalue weighted by Gasteiger charge is 2.49. The number of hydrogen-bond acceptors (Lipinski definition) is 5. The van der Waals surface area contributed by atoms with E-state index in [1.807, 2.05) is 6.92 Å². The Morgan fingerprint density at radius 1 is 1.15 bits per heavy atom. The topological polar surface area (TPSA) is 84.0 Å². The Balaban J connectivity index is 1.87. The molecule has 0 N–H and O–H groups in total. The Morgan fingerprint density at radius 2 is 1.81 bits per heavy atom. The van der Waals surface area contributed by atoms with Gasteiger partial charge in [-0.1, -0.05) is 13.0 Å². The molecule has 0 saturated carbocycles. The van der Waals surface area contributed by atoms with Gasteiger partial charge in [-0.2, -0.15) is 0 Å². The van der Waals surface area contributed by atoms with Crippen LogP contribution in [-0.4, -0.2) is 73.8 Å². The maximum atomic E-state index is 13.0. The van der Waals surface area contributed by atoms with E-state index in [-0.39, 0.29) is 23.3 Å². The number of carbonyl (C=O) groups is 2. The van der Waals surface area contributed by atoms with Crippen molar-refractivity contribution >= 4 is 21.7 Å². The van der Waals surface area contributed by atoms with Crippen LogP contribution in [0.1, 0.15) is 30.1 Å². The lowest BCUT2D eigenvalue weighted by Gasteiger charge is -2.44. The molecule has 3 rings (SSSR count). The highest BCUT2D eigenvalue weighted by atomic mass is 32.2. The number of methoxy groups -OCH3 is 1. The lowest BCUT2D eigenvalue weighted by Crippen LogP contribution is -2.61. The first-order valence-corrected chi connectivity index (χ1v) is 10.6. The molecule has 2 fully saturated rings. The number of sulfone groups is 1. The summed E-state index contributed by atoms with van der Waals surface area (Å²) in [5, 5.41) is 0. The second kappa shape index (κ2) is 7.26. The van der Waals surface area contributed by atoms with Crippen molar-refractivity contribution in [2.45, 2.75) is 31.8 Å². The van der Waals surface area contributed by atoms with E-state index in [2.05, 4.69) is 0 Å². The van der Waals surface area contributed by atoms with Crippen LogP contribution in [0.4, 0.5) is 0 Å². The van der Waals surface area contributed by atoms with E-state index < -0.39 is 21.9 Å². The fourth-order valence-corrected chi connectivity index (χ4v) is 5.78. The molecule has 0 aromatic heterocycles. The van der Waals surface area contributed by atoms with E-state index in [1.165, 1.54) is 7.11 Å². The molecule has 0 spiro atoms. The summed E-state index contributed by atoms with van der Waals surface area (Å²) in [6.45, 7) is 2.62. The molecule has 2 amide bonds. The third-order valence-electron chi connectivity index (χ3n) is 5.04. The zero-order valence-corrected chi connectivity index (χ0v) is 15.9. The summed E-state index contributed by atoms with van der Waals surface area (Å²) in [7, 11) is -1.76. The predicted molar refractivity (Wildman–Crippen MR) is 96.9 cm³/mol. The van der Waals surface area contributed by atoms with E-state index in [0.717, 1.165) is 0 Å². The number of rotatable bonds is 4. The summed E-state index contributed by atoms with van der Waals surface area (Å²) in [5.74, 6) is 0.146. The third-order valence-corrected chi connectivity index (χ3v) is 6.74. The maximum absolute atomic E-state index is 13.0. The van der Waals surface area contributed by atoms with Gasteiger partial charge in [-0.3, -0.25) is 9.59 Å². The predicted octanol–water partition coefficient (Wildman–Crippen LogP) is 0.945. The van der Waals surface area contributed by atoms with Gasteiger partial charge in [0.25, 0.3) is 5.91 Å². The van der Waals surface area contributed by atoms with Crippen molar-refractivity contribution in [1.82, 2.24) is 9.80 Å². The van der Waals surface area contributed by atoms with E-state index in [0.29, 0.717) is 37.2 Å². The number of benzene rings is 1. The van der Waals surface area contributed by atoms with Crippen LogP contribution < -0.4 is 4.74 Å². The molecule has 0 aliphatic carbocycles.